The van der Waals surface area contributed by atoms with Crippen LogP contribution in [0.2, 0.25) is 0 Å². The van der Waals surface area contributed by atoms with E-state index in [2.05, 4.69) is 56.0 Å². The molecular formula is C23H23N3O2S. The molecule has 2 aliphatic rings. The monoisotopic (exact) mass is 405 g/mol. The summed E-state index contributed by atoms with van der Waals surface area (Å²) >= 11 is 1.67. The van der Waals surface area contributed by atoms with Gasteiger partial charge in [-0.2, -0.15) is 0 Å². The fourth-order valence-corrected chi connectivity index (χ4v) is 4.77. The fraction of sp³-hybridized carbons (Fsp3) is 0.304. The molecule has 5 nitrogen and oxygen atoms in total. The molecule has 3 aromatic rings. The van der Waals surface area contributed by atoms with E-state index in [1.54, 1.807) is 11.8 Å². The van der Waals surface area contributed by atoms with Crippen LogP contribution in [0.1, 0.15) is 29.2 Å². The molecule has 0 N–H and O–H groups in total. The molecule has 2 aromatic carbocycles. The number of aliphatic imine (C=N–C) groups is 1. The van der Waals surface area contributed by atoms with E-state index in [-0.39, 0.29) is 0 Å². The van der Waals surface area contributed by atoms with Gasteiger partial charge in [0.25, 0.3) is 0 Å². The highest BCUT2D eigenvalue weighted by atomic mass is 32.2. The molecule has 0 unspecified atom stereocenters. The number of pyridine rings is 1. The molecule has 0 saturated carbocycles. The highest BCUT2D eigenvalue weighted by Crippen LogP contribution is 2.36. The predicted molar refractivity (Wildman–Crippen MR) is 117 cm³/mol. The van der Waals surface area contributed by atoms with Gasteiger partial charge >= 0.3 is 0 Å². The van der Waals surface area contributed by atoms with E-state index in [0.29, 0.717) is 6.79 Å². The maximum atomic E-state index is 5.54. The quantitative estimate of drug-likeness (QED) is 0.609. The van der Waals surface area contributed by atoms with Crippen molar-refractivity contribution in [2.24, 2.45) is 4.99 Å². The minimum Gasteiger partial charge on any atom is -0.454 e. The molecule has 148 valence electrons. The van der Waals surface area contributed by atoms with Crippen LogP contribution < -0.4 is 9.47 Å². The first-order valence-corrected chi connectivity index (χ1v) is 10.7. The third-order valence-corrected chi connectivity index (χ3v) is 6.51. The molecule has 0 spiro atoms. The number of aryl methyl sites for hydroxylation is 2. The van der Waals surface area contributed by atoms with E-state index in [0.717, 1.165) is 46.8 Å². The minimum absolute atomic E-state index is 0.298. The van der Waals surface area contributed by atoms with Crippen molar-refractivity contribution in [1.82, 2.24) is 9.88 Å². The fourth-order valence-electron chi connectivity index (χ4n) is 3.74. The number of thioether (sulfide) groups is 1. The molecule has 5 rings (SSSR count). The summed E-state index contributed by atoms with van der Waals surface area (Å²) in [5.41, 5.74) is 6.06. The van der Waals surface area contributed by atoms with Crippen LogP contribution in [0, 0.1) is 13.8 Å². The van der Waals surface area contributed by atoms with Crippen LogP contribution >= 0.6 is 11.8 Å². The second-order valence-corrected chi connectivity index (χ2v) is 8.44. The zero-order chi connectivity index (χ0) is 20.0. The summed E-state index contributed by atoms with van der Waals surface area (Å²) in [6.45, 7) is 8.98. The van der Waals surface area contributed by atoms with E-state index in [4.69, 9.17) is 19.5 Å². The molecule has 1 aromatic heterocycles. The number of hydrogen-bond donors (Lipinski definition) is 0. The molecule has 2 aliphatic heterocycles. The summed E-state index contributed by atoms with van der Waals surface area (Å²) < 4.78 is 11.0. The van der Waals surface area contributed by atoms with Crippen LogP contribution in [0.25, 0.3) is 10.9 Å². The summed E-state index contributed by atoms with van der Waals surface area (Å²) in [7, 11) is 0. The van der Waals surface area contributed by atoms with Gasteiger partial charge in [0.2, 0.25) is 6.79 Å². The van der Waals surface area contributed by atoms with Crippen molar-refractivity contribution in [3.8, 4) is 11.5 Å². The van der Waals surface area contributed by atoms with Gasteiger partial charge in [0.1, 0.15) is 5.03 Å². The Morgan fingerprint density at radius 1 is 1.07 bits per heavy atom. The van der Waals surface area contributed by atoms with Crippen molar-refractivity contribution < 1.29 is 9.47 Å². The highest BCUT2D eigenvalue weighted by molar-refractivity contribution is 8.13. The number of benzene rings is 2. The number of amidine groups is 1. The highest BCUT2D eigenvalue weighted by Gasteiger charge is 2.25. The van der Waals surface area contributed by atoms with Crippen LogP contribution in [-0.4, -0.2) is 28.4 Å². The maximum absolute atomic E-state index is 5.54. The number of aromatic nitrogens is 1. The third-order valence-electron chi connectivity index (χ3n) is 5.39. The number of rotatable bonds is 3. The number of nitrogens with zero attached hydrogens (tertiary/aromatic N) is 3. The summed E-state index contributed by atoms with van der Waals surface area (Å²) in [6.07, 6.45) is 0. The molecule has 0 aliphatic carbocycles. The Morgan fingerprint density at radius 3 is 2.76 bits per heavy atom. The second kappa shape index (κ2) is 7.26. The number of fused-ring (bicyclic) bond motifs is 3. The van der Waals surface area contributed by atoms with E-state index >= 15 is 0 Å². The lowest BCUT2D eigenvalue weighted by Crippen LogP contribution is -2.31. The molecule has 0 amide bonds. The van der Waals surface area contributed by atoms with Gasteiger partial charge in [-0.3, -0.25) is 4.99 Å². The van der Waals surface area contributed by atoms with Crippen LogP contribution in [0.5, 0.6) is 11.5 Å². The average molecular weight is 406 g/mol. The van der Waals surface area contributed by atoms with Crippen LogP contribution in [0.4, 0.5) is 0 Å². The van der Waals surface area contributed by atoms with Crippen LogP contribution in [0.15, 0.2) is 46.4 Å². The Morgan fingerprint density at radius 2 is 1.90 bits per heavy atom. The van der Waals surface area contributed by atoms with Gasteiger partial charge in [-0.05, 0) is 79.6 Å². The zero-order valence-corrected chi connectivity index (χ0v) is 17.7. The Balaban J connectivity index is 1.49. The molecule has 0 fully saturated rings. The van der Waals surface area contributed by atoms with Crippen LogP contribution in [-0.2, 0) is 13.1 Å². The lowest BCUT2D eigenvalue weighted by Gasteiger charge is -2.31. The predicted octanol–water partition coefficient (Wildman–Crippen LogP) is 5.06. The molecule has 0 bridgehead atoms. The first-order valence-electron chi connectivity index (χ1n) is 9.87. The van der Waals surface area contributed by atoms with Crippen molar-refractivity contribution in [1.29, 1.82) is 0 Å². The van der Waals surface area contributed by atoms with Crippen LogP contribution in [0.3, 0.4) is 0 Å². The summed E-state index contributed by atoms with van der Waals surface area (Å²) in [6, 6.07) is 12.9. The molecule has 0 atom stereocenters. The largest absolute Gasteiger partial charge is 0.454 e. The lowest BCUT2D eigenvalue weighted by molar-refractivity contribution is 0.174. The summed E-state index contributed by atoms with van der Waals surface area (Å²) in [5, 5.41) is 3.29. The summed E-state index contributed by atoms with van der Waals surface area (Å²) in [5.74, 6) is 1.64. The van der Waals surface area contributed by atoms with Gasteiger partial charge in [-0.25, -0.2) is 4.98 Å². The van der Waals surface area contributed by atoms with Gasteiger partial charge < -0.3 is 14.4 Å². The maximum Gasteiger partial charge on any atom is 0.231 e. The second-order valence-electron chi connectivity index (χ2n) is 7.48. The topological polar surface area (TPSA) is 47.0 Å². The first-order chi connectivity index (χ1) is 14.1. The Bertz CT molecular complexity index is 1140. The van der Waals surface area contributed by atoms with E-state index < -0.39 is 0 Å². The SMILES string of the molecule is CCN=C1Sc2nc3cc(C)c(C)cc3cc2CN1Cc1ccc2c(c1)OCO2. The van der Waals surface area contributed by atoms with Gasteiger partial charge in [0, 0.05) is 30.6 Å². The van der Waals surface area contributed by atoms with Gasteiger partial charge in [-0.15, -0.1) is 0 Å². The molecule has 0 saturated heterocycles. The van der Waals surface area contributed by atoms with Crippen molar-refractivity contribution in [3.05, 3.63) is 58.7 Å². The Hall–Kier alpha value is -2.73. The number of hydrogen-bond acceptors (Lipinski definition) is 5. The number of ether oxygens (including phenoxy) is 2. The van der Waals surface area contributed by atoms with Crippen molar-refractivity contribution in [3.63, 3.8) is 0 Å². The standard InChI is InChI=1S/C23H23N3O2S/c1-4-24-23-26(11-16-5-6-20-21(9-16)28-13-27-20)12-18-10-17-7-14(2)15(3)8-19(17)25-22(18)29-23/h5-10H,4,11-13H2,1-3H3. The van der Waals surface area contributed by atoms with Crippen molar-refractivity contribution in [2.45, 2.75) is 38.9 Å². The first kappa shape index (κ1) is 18.3. The normalized spacial score (nSPS) is 16.5. The minimum atomic E-state index is 0.298. The molecule has 29 heavy (non-hydrogen) atoms. The van der Waals surface area contributed by atoms with E-state index in [9.17, 15) is 0 Å². The van der Waals surface area contributed by atoms with Gasteiger partial charge in [0.05, 0.1) is 5.52 Å². The lowest BCUT2D eigenvalue weighted by atomic mass is 10.0. The average Bonchev–Trinajstić information content (AvgIpc) is 3.16. The smallest absolute Gasteiger partial charge is 0.231 e. The molecule has 6 heteroatoms. The van der Waals surface area contributed by atoms with Crippen molar-refractivity contribution in [2.75, 3.05) is 13.3 Å². The summed E-state index contributed by atoms with van der Waals surface area (Å²) in [4.78, 5) is 12.0. The third kappa shape index (κ3) is 3.42. The zero-order valence-electron chi connectivity index (χ0n) is 16.9. The van der Waals surface area contributed by atoms with E-state index in [1.165, 1.54) is 27.6 Å². The van der Waals surface area contributed by atoms with Gasteiger partial charge in [-0.1, -0.05) is 6.07 Å². The Labute approximate surface area is 174 Å². The molecular weight excluding hydrogens is 382 g/mol. The van der Waals surface area contributed by atoms with Gasteiger partial charge in [0.15, 0.2) is 16.7 Å². The molecule has 3 heterocycles. The Kier molecular flexibility index (Phi) is 4.59. The van der Waals surface area contributed by atoms with E-state index in [1.807, 2.05) is 6.07 Å². The molecule has 0 radical (unpaired) electrons. The van der Waals surface area contributed by atoms with Crippen molar-refractivity contribution >= 4 is 27.8 Å².